The largest absolute Gasteiger partial charge is 0.454 e. The maximum absolute atomic E-state index is 6.75. The highest BCUT2D eigenvalue weighted by molar-refractivity contribution is 6.15. The number of pyridine rings is 1. The van der Waals surface area contributed by atoms with Gasteiger partial charge in [0.1, 0.15) is 5.58 Å². The van der Waals surface area contributed by atoms with E-state index in [2.05, 4.69) is 128 Å². The van der Waals surface area contributed by atoms with Crippen molar-refractivity contribution in [1.29, 1.82) is 0 Å². The third-order valence-electron chi connectivity index (χ3n) is 8.54. The van der Waals surface area contributed by atoms with Crippen LogP contribution in [0.1, 0.15) is 0 Å². The number of aromatic nitrogens is 5. The van der Waals surface area contributed by atoms with Crippen molar-refractivity contribution in [1.82, 2.24) is 23.5 Å². The lowest BCUT2D eigenvalue weighted by Gasteiger charge is -2.09. The highest BCUT2D eigenvalue weighted by Gasteiger charge is 2.22. The van der Waals surface area contributed by atoms with E-state index in [0.717, 1.165) is 72.2 Å². The summed E-state index contributed by atoms with van der Waals surface area (Å²) in [6.45, 7) is 0. The fourth-order valence-electron chi connectivity index (χ4n) is 6.84. The zero-order valence-electron chi connectivity index (χ0n) is 22.3. The molecule has 0 saturated carbocycles. The van der Waals surface area contributed by atoms with Crippen LogP contribution in [-0.4, -0.2) is 23.5 Å². The molecule has 5 aromatic heterocycles. The molecule has 0 atom stereocenters. The molecule has 196 valence electrons. The van der Waals surface area contributed by atoms with Gasteiger partial charge in [-0.15, -0.1) is 0 Å². The number of furan rings is 1. The third kappa shape index (κ3) is 2.68. The maximum Gasteiger partial charge on any atom is 0.220 e. The summed E-state index contributed by atoms with van der Waals surface area (Å²) >= 11 is 0. The highest BCUT2D eigenvalue weighted by atomic mass is 16.3. The van der Waals surface area contributed by atoms with Gasteiger partial charge in [-0.2, -0.15) is 0 Å². The van der Waals surface area contributed by atoms with Crippen molar-refractivity contribution in [2.75, 3.05) is 0 Å². The van der Waals surface area contributed by atoms with Gasteiger partial charge in [0, 0.05) is 22.4 Å². The molecule has 0 radical (unpaired) electrons. The Balaban J connectivity index is 1.34. The number of rotatable bonds is 2. The lowest BCUT2D eigenvalue weighted by atomic mass is 10.1. The molecule has 10 rings (SSSR count). The minimum absolute atomic E-state index is 0.834. The number of hydrogen-bond acceptors (Lipinski definition) is 3. The predicted octanol–water partition coefficient (Wildman–Crippen LogP) is 8.82. The van der Waals surface area contributed by atoms with E-state index in [9.17, 15) is 0 Å². The predicted molar refractivity (Wildman–Crippen MR) is 169 cm³/mol. The van der Waals surface area contributed by atoms with Crippen molar-refractivity contribution in [3.05, 3.63) is 128 Å². The molecular weight excluding hydrogens is 518 g/mol. The van der Waals surface area contributed by atoms with Crippen molar-refractivity contribution in [3.8, 4) is 11.4 Å². The van der Waals surface area contributed by atoms with Gasteiger partial charge in [0.25, 0.3) is 0 Å². The second-order valence-electron chi connectivity index (χ2n) is 10.7. The number of imidazole rings is 2. The number of nitrogens with zero attached hydrogens (tertiary/aromatic N) is 5. The van der Waals surface area contributed by atoms with Crippen molar-refractivity contribution in [2.24, 2.45) is 0 Å². The Kier molecular flexibility index (Phi) is 4.10. The lowest BCUT2D eigenvalue weighted by Crippen LogP contribution is -1.96. The molecule has 0 saturated heterocycles. The average molecular weight is 540 g/mol. The first-order chi connectivity index (χ1) is 20.9. The molecule has 10 aromatic rings. The minimum atomic E-state index is 0.834. The van der Waals surface area contributed by atoms with Crippen LogP contribution >= 0.6 is 0 Å². The van der Waals surface area contributed by atoms with Gasteiger partial charge < -0.3 is 8.98 Å². The molecule has 0 bridgehead atoms. The molecule has 0 aliphatic carbocycles. The van der Waals surface area contributed by atoms with Gasteiger partial charge >= 0.3 is 0 Å². The Morgan fingerprint density at radius 1 is 0.524 bits per heavy atom. The summed E-state index contributed by atoms with van der Waals surface area (Å²) in [4.78, 5) is 9.59. The number of benzene rings is 5. The number of hydrogen-bond donors (Lipinski definition) is 0. The van der Waals surface area contributed by atoms with E-state index in [4.69, 9.17) is 9.40 Å². The van der Waals surface area contributed by atoms with Crippen LogP contribution in [0.15, 0.2) is 132 Å². The Bertz CT molecular complexity index is 2650. The lowest BCUT2D eigenvalue weighted by molar-refractivity contribution is 0.666. The van der Waals surface area contributed by atoms with Gasteiger partial charge in [-0.1, -0.05) is 60.7 Å². The van der Waals surface area contributed by atoms with Gasteiger partial charge in [-0.05, 0) is 54.6 Å². The van der Waals surface area contributed by atoms with Crippen molar-refractivity contribution < 1.29 is 4.42 Å². The quantitative estimate of drug-likeness (QED) is 0.221. The minimum Gasteiger partial charge on any atom is -0.454 e. The molecular formula is C36H21N5O. The molecule has 42 heavy (non-hydrogen) atoms. The second kappa shape index (κ2) is 7.86. The normalized spacial score (nSPS) is 12.3. The van der Waals surface area contributed by atoms with Crippen LogP contribution in [0, 0.1) is 0 Å². The van der Waals surface area contributed by atoms with Gasteiger partial charge in [-0.3, -0.25) is 14.0 Å². The van der Waals surface area contributed by atoms with E-state index < -0.39 is 0 Å². The summed E-state index contributed by atoms with van der Waals surface area (Å²) in [5, 5.41) is 4.47. The molecule has 0 aliphatic rings. The fourth-order valence-corrected chi connectivity index (χ4v) is 6.84. The zero-order chi connectivity index (χ0) is 27.4. The Morgan fingerprint density at radius 2 is 1.24 bits per heavy atom. The van der Waals surface area contributed by atoms with Crippen LogP contribution in [0.25, 0.3) is 83.0 Å². The average Bonchev–Trinajstić information content (AvgIpc) is 3.78. The molecule has 0 aliphatic heterocycles. The van der Waals surface area contributed by atoms with Gasteiger partial charge in [0.05, 0.1) is 56.1 Å². The molecule has 6 nitrogen and oxygen atoms in total. The van der Waals surface area contributed by atoms with Crippen LogP contribution in [0.5, 0.6) is 0 Å². The van der Waals surface area contributed by atoms with E-state index in [1.54, 1.807) is 0 Å². The van der Waals surface area contributed by atoms with Crippen LogP contribution in [-0.2, 0) is 0 Å². The Morgan fingerprint density at radius 3 is 2.17 bits per heavy atom. The second-order valence-corrected chi connectivity index (χ2v) is 10.7. The molecule has 0 fully saturated rings. The monoisotopic (exact) mass is 539 g/mol. The van der Waals surface area contributed by atoms with Gasteiger partial charge in [0.2, 0.25) is 5.78 Å². The topological polar surface area (TPSA) is 53.2 Å². The highest BCUT2D eigenvalue weighted by Crippen LogP contribution is 2.41. The molecule has 0 spiro atoms. The molecule has 0 amide bonds. The number of para-hydroxylation sites is 6. The van der Waals surface area contributed by atoms with E-state index >= 15 is 0 Å². The maximum atomic E-state index is 6.75. The third-order valence-corrected chi connectivity index (χ3v) is 8.54. The first-order valence-corrected chi connectivity index (χ1v) is 14.0. The van der Waals surface area contributed by atoms with Crippen LogP contribution in [0.3, 0.4) is 0 Å². The Labute approximate surface area is 238 Å². The summed E-state index contributed by atoms with van der Waals surface area (Å²) < 4.78 is 13.5. The first kappa shape index (κ1) is 21.9. The zero-order valence-corrected chi connectivity index (χ0v) is 22.3. The summed E-state index contributed by atoms with van der Waals surface area (Å²) in [7, 11) is 0. The summed E-state index contributed by atoms with van der Waals surface area (Å²) in [6, 6.07) is 40.1. The Hall–Kier alpha value is -5.88. The van der Waals surface area contributed by atoms with Gasteiger partial charge in [-0.25, -0.2) is 4.98 Å². The van der Waals surface area contributed by atoms with E-state index in [1.165, 1.54) is 10.8 Å². The summed E-state index contributed by atoms with van der Waals surface area (Å²) in [6.07, 6.45) is 3.79. The number of fused-ring (bicyclic) bond motifs is 11. The van der Waals surface area contributed by atoms with E-state index in [-0.39, 0.29) is 0 Å². The fraction of sp³-hybridized carbons (Fsp3) is 0. The van der Waals surface area contributed by atoms with E-state index in [0.29, 0.717) is 0 Å². The summed E-state index contributed by atoms with van der Waals surface area (Å²) in [5.41, 5.74) is 10.1. The SMILES string of the molecule is c1ccc2c(c1)nc1n(-c3cccc4oc5c(-n6c7ccccc7c7ccncc76)cccc5c34)c3ccccc3n21. The van der Waals surface area contributed by atoms with Crippen molar-refractivity contribution >= 4 is 71.6 Å². The van der Waals surface area contributed by atoms with E-state index in [1.807, 2.05) is 18.5 Å². The molecule has 0 N–H and O–H groups in total. The molecule has 6 heteroatoms. The van der Waals surface area contributed by atoms with Crippen LogP contribution in [0.2, 0.25) is 0 Å². The van der Waals surface area contributed by atoms with Crippen LogP contribution in [0.4, 0.5) is 0 Å². The standard InChI is InChI=1S/C36H21N5O/c1-3-12-26-22(9-1)23-19-20-37-21-32(23)39(26)31-17-7-10-24-34-30(16-8-18-33(34)42-35(24)31)41-29-15-6-5-14-28(29)40-27-13-4-2-11-25(27)38-36(40)41/h1-21H. The molecule has 5 heterocycles. The smallest absolute Gasteiger partial charge is 0.220 e. The molecule has 0 unspecified atom stereocenters. The molecule has 5 aromatic carbocycles. The van der Waals surface area contributed by atoms with Crippen molar-refractivity contribution in [3.63, 3.8) is 0 Å². The summed E-state index contributed by atoms with van der Waals surface area (Å²) in [5.74, 6) is 0.879. The first-order valence-electron chi connectivity index (χ1n) is 14.0. The van der Waals surface area contributed by atoms with Gasteiger partial charge in [0.15, 0.2) is 5.58 Å². The van der Waals surface area contributed by atoms with Crippen LogP contribution < -0.4 is 0 Å². The van der Waals surface area contributed by atoms with Crippen molar-refractivity contribution in [2.45, 2.75) is 0 Å².